The lowest BCUT2D eigenvalue weighted by Crippen LogP contribution is -2.24. The number of carbonyl (C=O) groups is 1. The van der Waals surface area contributed by atoms with Crippen LogP contribution in [0.2, 0.25) is 0 Å². The lowest BCUT2D eigenvalue weighted by Gasteiger charge is -2.12. The molecular formula is C21H23N3O2S. The van der Waals surface area contributed by atoms with E-state index in [4.69, 9.17) is 0 Å². The first kappa shape index (κ1) is 19.2. The molecule has 0 unspecified atom stereocenters. The van der Waals surface area contributed by atoms with Gasteiger partial charge < -0.3 is 5.32 Å². The fourth-order valence-electron chi connectivity index (χ4n) is 2.74. The Kier molecular flexibility index (Phi) is 6.29. The first-order chi connectivity index (χ1) is 13.1. The zero-order valence-electron chi connectivity index (χ0n) is 15.6. The number of aromatic nitrogens is 2. The van der Waals surface area contributed by atoms with Crippen molar-refractivity contribution < 1.29 is 4.79 Å². The molecule has 6 heteroatoms. The average Bonchev–Trinajstić information content (AvgIpc) is 2.68. The number of unbranched alkanes of at least 4 members (excludes halogenated alkanes) is 1. The molecule has 0 aliphatic carbocycles. The molecule has 0 bridgehead atoms. The maximum Gasteiger partial charge on any atom is 0.262 e. The van der Waals surface area contributed by atoms with Gasteiger partial charge in [0.25, 0.3) is 5.56 Å². The largest absolute Gasteiger partial charge is 0.325 e. The molecule has 27 heavy (non-hydrogen) atoms. The third-order valence-electron chi connectivity index (χ3n) is 4.23. The van der Waals surface area contributed by atoms with Gasteiger partial charge in [-0.3, -0.25) is 14.2 Å². The van der Waals surface area contributed by atoms with Crippen LogP contribution in [0.15, 0.2) is 58.5 Å². The maximum atomic E-state index is 12.8. The quantitative estimate of drug-likeness (QED) is 0.491. The minimum absolute atomic E-state index is 0.0458. The normalized spacial score (nSPS) is 10.9. The van der Waals surface area contributed by atoms with E-state index in [1.165, 1.54) is 11.8 Å². The Morgan fingerprint density at radius 3 is 2.63 bits per heavy atom. The van der Waals surface area contributed by atoms with E-state index < -0.39 is 0 Å². The molecule has 2 aromatic carbocycles. The minimum atomic E-state index is -0.117. The molecule has 0 atom stereocenters. The van der Waals surface area contributed by atoms with Gasteiger partial charge in [-0.05, 0) is 37.6 Å². The van der Waals surface area contributed by atoms with Crippen LogP contribution >= 0.6 is 11.8 Å². The second kappa shape index (κ2) is 8.86. The van der Waals surface area contributed by atoms with Crippen molar-refractivity contribution in [3.63, 3.8) is 0 Å². The van der Waals surface area contributed by atoms with Gasteiger partial charge in [-0.2, -0.15) is 0 Å². The summed E-state index contributed by atoms with van der Waals surface area (Å²) in [6, 6.07) is 15.0. The Morgan fingerprint density at radius 2 is 1.89 bits per heavy atom. The van der Waals surface area contributed by atoms with E-state index in [1.54, 1.807) is 10.6 Å². The number of hydrogen-bond acceptors (Lipinski definition) is 4. The number of amides is 1. The summed E-state index contributed by atoms with van der Waals surface area (Å²) in [6.07, 6.45) is 1.88. The smallest absolute Gasteiger partial charge is 0.262 e. The molecule has 0 saturated heterocycles. The van der Waals surface area contributed by atoms with Crippen LogP contribution < -0.4 is 10.9 Å². The SMILES string of the molecule is CCCCn1c(SCC(=O)Nc2ccc(C)cc2)nc2ccccc2c1=O. The van der Waals surface area contributed by atoms with Crippen LogP contribution in [0.1, 0.15) is 25.3 Å². The van der Waals surface area contributed by atoms with Crippen molar-refractivity contribution in [2.24, 2.45) is 0 Å². The molecule has 0 spiro atoms. The number of thioether (sulfide) groups is 1. The van der Waals surface area contributed by atoms with E-state index in [1.807, 2.05) is 49.4 Å². The van der Waals surface area contributed by atoms with E-state index in [9.17, 15) is 9.59 Å². The molecule has 3 aromatic rings. The van der Waals surface area contributed by atoms with Gasteiger partial charge in [-0.1, -0.05) is 54.9 Å². The molecule has 0 saturated carbocycles. The predicted octanol–water partition coefficient (Wildman–Crippen LogP) is 4.24. The van der Waals surface area contributed by atoms with E-state index >= 15 is 0 Å². The number of rotatable bonds is 7. The van der Waals surface area contributed by atoms with Gasteiger partial charge in [0, 0.05) is 12.2 Å². The molecule has 1 aromatic heterocycles. The van der Waals surface area contributed by atoms with Gasteiger partial charge in [0.15, 0.2) is 5.16 Å². The van der Waals surface area contributed by atoms with Crippen LogP contribution in [0, 0.1) is 6.92 Å². The fourth-order valence-corrected chi connectivity index (χ4v) is 3.56. The topological polar surface area (TPSA) is 64.0 Å². The first-order valence-corrected chi connectivity index (χ1v) is 10.1. The Morgan fingerprint density at radius 1 is 1.15 bits per heavy atom. The second-order valence-electron chi connectivity index (χ2n) is 6.42. The highest BCUT2D eigenvalue weighted by Crippen LogP contribution is 2.19. The highest BCUT2D eigenvalue weighted by atomic mass is 32.2. The van der Waals surface area contributed by atoms with Crippen LogP contribution in [0.5, 0.6) is 0 Å². The van der Waals surface area contributed by atoms with Crippen LogP contribution in [-0.4, -0.2) is 21.2 Å². The first-order valence-electron chi connectivity index (χ1n) is 9.07. The highest BCUT2D eigenvalue weighted by Gasteiger charge is 2.13. The summed E-state index contributed by atoms with van der Waals surface area (Å²) in [7, 11) is 0. The molecule has 0 aliphatic rings. The van der Waals surface area contributed by atoms with Gasteiger partial charge in [0.05, 0.1) is 16.7 Å². The van der Waals surface area contributed by atoms with Crippen molar-refractivity contribution >= 4 is 34.3 Å². The van der Waals surface area contributed by atoms with Crippen molar-refractivity contribution in [1.29, 1.82) is 0 Å². The van der Waals surface area contributed by atoms with E-state index in [0.717, 1.165) is 24.1 Å². The molecule has 1 heterocycles. The summed E-state index contributed by atoms with van der Waals surface area (Å²) in [6.45, 7) is 4.69. The lowest BCUT2D eigenvalue weighted by atomic mass is 10.2. The van der Waals surface area contributed by atoms with E-state index in [0.29, 0.717) is 22.6 Å². The molecule has 3 rings (SSSR count). The zero-order valence-corrected chi connectivity index (χ0v) is 16.4. The number of benzene rings is 2. The van der Waals surface area contributed by atoms with E-state index in [-0.39, 0.29) is 17.2 Å². The maximum absolute atomic E-state index is 12.8. The summed E-state index contributed by atoms with van der Waals surface area (Å²) in [4.78, 5) is 29.8. The lowest BCUT2D eigenvalue weighted by molar-refractivity contribution is -0.113. The van der Waals surface area contributed by atoms with Gasteiger partial charge in [0.1, 0.15) is 0 Å². The Balaban J connectivity index is 1.79. The second-order valence-corrected chi connectivity index (χ2v) is 7.37. The predicted molar refractivity (Wildman–Crippen MR) is 111 cm³/mol. The van der Waals surface area contributed by atoms with Gasteiger partial charge in [-0.15, -0.1) is 0 Å². The Bertz CT molecular complexity index is 996. The number of para-hydroxylation sites is 1. The Hall–Kier alpha value is -2.60. The summed E-state index contributed by atoms with van der Waals surface area (Å²) in [5, 5.41) is 4.08. The van der Waals surface area contributed by atoms with Crippen LogP contribution in [0.25, 0.3) is 10.9 Å². The summed E-state index contributed by atoms with van der Waals surface area (Å²) in [5.41, 5.74) is 2.52. The zero-order chi connectivity index (χ0) is 19.2. The molecule has 5 nitrogen and oxygen atoms in total. The van der Waals surface area contributed by atoms with Crippen molar-refractivity contribution in [3.05, 3.63) is 64.4 Å². The minimum Gasteiger partial charge on any atom is -0.325 e. The van der Waals surface area contributed by atoms with Crippen LogP contribution in [0.3, 0.4) is 0 Å². The standard InChI is InChI=1S/C21H23N3O2S/c1-3-4-13-24-20(26)17-7-5-6-8-18(17)23-21(24)27-14-19(25)22-16-11-9-15(2)10-12-16/h5-12H,3-4,13-14H2,1-2H3,(H,22,25). The van der Waals surface area contributed by atoms with Crippen molar-refractivity contribution in [3.8, 4) is 0 Å². The number of fused-ring (bicyclic) bond motifs is 1. The van der Waals surface area contributed by atoms with E-state index in [2.05, 4.69) is 17.2 Å². The fraction of sp³-hybridized carbons (Fsp3) is 0.286. The third-order valence-corrected chi connectivity index (χ3v) is 5.21. The van der Waals surface area contributed by atoms with Gasteiger partial charge in [0.2, 0.25) is 5.91 Å². The number of anilines is 1. The molecular weight excluding hydrogens is 358 g/mol. The highest BCUT2D eigenvalue weighted by molar-refractivity contribution is 7.99. The molecule has 0 radical (unpaired) electrons. The van der Waals surface area contributed by atoms with Crippen LogP contribution in [-0.2, 0) is 11.3 Å². The third kappa shape index (κ3) is 4.77. The van der Waals surface area contributed by atoms with Crippen LogP contribution in [0.4, 0.5) is 5.69 Å². The molecule has 0 fully saturated rings. The van der Waals surface area contributed by atoms with Crippen molar-refractivity contribution in [2.75, 3.05) is 11.1 Å². The molecule has 1 amide bonds. The molecule has 140 valence electrons. The number of aryl methyl sites for hydroxylation is 1. The summed E-state index contributed by atoms with van der Waals surface area (Å²) in [5.74, 6) is 0.0819. The number of hydrogen-bond donors (Lipinski definition) is 1. The van der Waals surface area contributed by atoms with Gasteiger partial charge in [-0.25, -0.2) is 4.98 Å². The summed E-state index contributed by atoms with van der Waals surface area (Å²) < 4.78 is 1.69. The monoisotopic (exact) mass is 381 g/mol. The summed E-state index contributed by atoms with van der Waals surface area (Å²) >= 11 is 1.30. The van der Waals surface area contributed by atoms with Crippen molar-refractivity contribution in [1.82, 2.24) is 9.55 Å². The molecule has 1 N–H and O–H groups in total. The number of nitrogens with zero attached hydrogens (tertiary/aromatic N) is 2. The van der Waals surface area contributed by atoms with Gasteiger partial charge >= 0.3 is 0 Å². The molecule has 0 aliphatic heterocycles. The number of carbonyl (C=O) groups excluding carboxylic acids is 1. The average molecular weight is 382 g/mol. The van der Waals surface area contributed by atoms with Crippen molar-refractivity contribution in [2.45, 2.75) is 38.4 Å². The Labute approximate surface area is 162 Å². The number of nitrogens with one attached hydrogen (secondary N) is 1.